The van der Waals surface area contributed by atoms with E-state index in [0.717, 1.165) is 18.7 Å². The summed E-state index contributed by atoms with van der Waals surface area (Å²) in [5.41, 5.74) is 0. The lowest BCUT2D eigenvalue weighted by Crippen LogP contribution is -1.87. The molecular weight excluding hydrogens is 240 g/mol. The standard InChI is InChI=1S/C10H14N4O2S/c1-3-4-9-11-8(14-16-9)5-17-6-10-13-12-7(2)15-10/h3-6H2,1-2H3. The van der Waals surface area contributed by atoms with Crippen LogP contribution in [0.25, 0.3) is 0 Å². The van der Waals surface area contributed by atoms with Crippen molar-refractivity contribution in [3.05, 3.63) is 23.5 Å². The highest BCUT2D eigenvalue weighted by Gasteiger charge is 2.07. The van der Waals surface area contributed by atoms with Crippen molar-refractivity contribution in [3.63, 3.8) is 0 Å². The van der Waals surface area contributed by atoms with Gasteiger partial charge in [-0.2, -0.15) is 4.98 Å². The minimum Gasteiger partial charge on any atom is -0.425 e. The summed E-state index contributed by atoms with van der Waals surface area (Å²) >= 11 is 1.62. The predicted octanol–water partition coefficient (Wildman–Crippen LogP) is 2.15. The second-order valence-corrected chi connectivity index (χ2v) is 4.55. The van der Waals surface area contributed by atoms with Crippen molar-refractivity contribution < 1.29 is 8.94 Å². The van der Waals surface area contributed by atoms with Gasteiger partial charge in [0.2, 0.25) is 17.7 Å². The molecule has 0 amide bonds. The van der Waals surface area contributed by atoms with Crippen LogP contribution in [0.2, 0.25) is 0 Å². The summed E-state index contributed by atoms with van der Waals surface area (Å²) in [5, 5.41) is 11.6. The Morgan fingerprint density at radius 1 is 1.18 bits per heavy atom. The van der Waals surface area contributed by atoms with Crippen molar-refractivity contribution in [1.82, 2.24) is 20.3 Å². The largest absolute Gasteiger partial charge is 0.425 e. The van der Waals surface area contributed by atoms with Crippen LogP contribution in [0.15, 0.2) is 8.94 Å². The van der Waals surface area contributed by atoms with E-state index in [4.69, 9.17) is 8.94 Å². The van der Waals surface area contributed by atoms with Gasteiger partial charge in [-0.25, -0.2) is 0 Å². The van der Waals surface area contributed by atoms with Crippen molar-refractivity contribution in [2.75, 3.05) is 0 Å². The van der Waals surface area contributed by atoms with Crippen molar-refractivity contribution in [2.45, 2.75) is 38.2 Å². The average molecular weight is 254 g/mol. The minimum atomic E-state index is 0.588. The molecule has 0 atom stereocenters. The van der Waals surface area contributed by atoms with E-state index in [1.807, 2.05) is 0 Å². The van der Waals surface area contributed by atoms with Gasteiger partial charge in [-0.05, 0) is 6.42 Å². The van der Waals surface area contributed by atoms with Crippen molar-refractivity contribution >= 4 is 11.8 Å². The first kappa shape index (κ1) is 12.1. The Kier molecular flexibility index (Phi) is 4.13. The molecule has 0 spiro atoms. The lowest BCUT2D eigenvalue weighted by atomic mass is 10.3. The fourth-order valence-electron chi connectivity index (χ4n) is 1.29. The second kappa shape index (κ2) is 5.81. The summed E-state index contributed by atoms with van der Waals surface area (Å²) in [7, 11) is 0. The van der Waals surface area contributed by atoms with Gasteiger partial charge >= 0.3 is 0 Å². The summed E-state index contributed by atoms with van der Waals surface area (Å²) < 4.78 is 10.3. The number of nitrogens with zero attached hydrogens (tertiary/aromatic N) is 4. The normalized spacial score (nSPS) is 10.9. The summed E-state index contributed by atoms with van der Waals surface area (Å²) in [4.78, 5) is 4.27. The molecule has 2 heterocycles. The first-order valence-corrected chi connectivity index (χ1v) is 6.61. The van der Waals surface area contributed by atoms with E-state index in [9.17, 15) is 0 Å². The Labute approximate surface area is 103 Å². The molecule has 6 nitrogen and oxygen atoms in total. The summed E-state index contributed by atoms with van der Waals surface area (Å²) in [5.74, 6) is 3.99. The molecule has 2 rings (SSSR count). The molecular formula is C10H14N4O2S. The number of hydrogen-bond donors (Lipinski definition) is 0. The molecule has 0 fully saturated rings. The molecule has 0 radical (unpaired) electrons. The van der Waals surface area contributed by atoms with Gasteiger partial charge in [0.1, 0.15) is 0 Å². The van der Waals surface area contributed by atoms with Crippen molar-refractivity contribution in [1.29, 1.82) is 0 Å². The van der Waals surface area contributed by atoms with Gasteiger partial charge in [-0.3, -0.25) is 0 Å². The number of hydrogen-bond acceptors (Lipinski definition) is 7. The number of rotatable bonds is 6. The first-order chi connectivity index (χ1) is 8.28. The molecule has 0 bridgehead atoms. The topological polar surface area (TPSA) is 77.8 Å². The van der Waals surface area contributed by atoms with Gasteiger partial charge in [0.15, 0.2) is 5.82 Å². The smallest absolute Gasteiger partial charge is 0.226 e. The monoisotopic (exact) mass is 254 g/mol. The molecule has 0 N–H and O–H groups in total. The third-order valence-electron chi connectivity index (χ3n) is 2.00. The van der Waals surface area contributed by atoms with Gasteiger partial charge in [-0.1, -0.05) is 12.1 Å². The maximum Gasteiger partial charge on any atom is 0.226 e. The van der Waals surface area contributed by atoms with Crippen LogP contribution < -0.4 is 0 Å². The van der Waals surface area contributed by atoms with Crippen LogP contribution in [0.4, 0.5) is 0 Å². The molecule has 0 aromatic carbocycles. The number of thioether (sulfide) groups is 1. The Hall–Kier alpha value is -1.37. The Balaban J connectivity index is 1.77. The SMILES string of the molecule is CCCc1nc(CSCc2nnc(C)o2)no1. The molecule has 92 valence electrons. The van der Waals surface area contributed by atoms with Gasteiger partial charge in [0.25, 0.3) is 0 Å². The van der Waals surface area contributed by atoms with Crippen LogP contribution in [-0.2, 0) is 17.9 Å². The predicted molar refractivity (Wildman–Crippen MR) is 62.3 cm³/mol. The molecule has 17 heavy (non-hydrogen) atoms. The van der Waals surface area contributed by atoms with Gasteiger partial charge < -0.3 is 8.94 Å². The summed E-state index contributed by atoms with van der Waals surface area (Å²) in [6.45, 7) is 3.86. The molecule has 0 aliphatic carbocycles. The highest BCUT2D eigenvalue weighted by molar-refractivity contribution is 7.97. The molecule has 0 aliphatic heterocycles. The summed E-state index contributed by atoms with van der Waals surface area (Å²) in [6.07, 6.45) is 1.84. The zero-order chi connectivity index (χ0) is 12.1. The lowest BCUT2D eigenvalue weighted by Gasteiger charge is -1.92. The van der Waals surface area contributed by atoms with Crippen molar-refractivity contribution in [2.24, 2.45) is 0 Å². The zero-order valence-electron chi connectivity index (χ0n) is 9.84. The van der Waals surface area contributed by atoms with E-state index in [0.29, 0.717) is 29.2 Å². The van der Waals surface area contributed by atoms with Gasteiger partial charge in [-0.15, -0.1) is 22.0 Å². The number of aromatic nitrogens is 4. The quantitative estimate of drug-likeness (QED) is 0.781. The Morgan fingerprint density at radius 2 is 2.06 bits per heavy atom. The molecule has 0 unspecified atom stereocenters. The van der Waals surface area contributed by atoms with E-state index < -0.39 is 0 Å². The molecule has 0 saturated heterocycles. The lowest BCUT2D eigenvalue weighted by molar-refractivity contribution is 0.373. The highest BCUT2D eigenvalue weighted by atomic mass is 32.2. The van der Waals surface area contributed by atoms with Crippen LogP contribution in [0.1, 0.15) is 36.8 Å². The van der Waals surface area contributed by atoms with Crippen LogP contribution in [0, 0.1) is 6.92 Å². The Morgan fingerprint density at radius 3 is 2.76 bits per heavy atom. The molecule has 2 aromatic rings. The highest BCUT2D eigenvalue weighted by Crippen LogP contribution is 2.15. The summed E-state index contributed by atoms with van der Waals surface area (Å²) in [6, 6.07) is 0. The maximum absolute atomic E-state index is 5.26. The third-order valence-corrected chi connectivity index (χ3v) is 2.91. The molecule has 2 aromatic heterocycles. The zero-order valence-corrected chi connectivity index (χ0v) is 10.7. The van der Waals surface area contributed by atoms with Gasteiger partial charge in [0, 0.05) is 13.3 Å². The number of aryl methyl sites for hydroxylation is 2. The third kappa shape index (κ3) is 3.55. The van der Waals surface area contributed by atoms with Crippen molar-refractivity contribution in [3.8, 4) is 0 Å². The maximum atomic E-state index is 5.26. The van der Waals surface area contributed by atoms with E-state index in [1.54, 1.807) is 18.7 Å². The molecule has 0 saturated carbocycles. The second-order valence-electron chi connectivity index (χ2n) is 3.56. The van der Waals surface area contributed by atoms with Crippen LogP contribution in [-0.4, -0.2) is 20.3 Å². The average Bonchev–Trinajstić information content (AvgIpc) is 2.89. The molecule has 7 heteroatoms. The van der Waals surface area contributed by atoms with Crippen LogP contribution in [0.3, 0.4) is 0 Å². The van der Waals surface area contributed by atoms with E-state index in [1.165, 1.54) is 0 Å². The van der Waals surface area contributed by atoms with E-state index >= 15 is 0 Å². The molecule has 0 aliphatic rings. The van der Waals surface area contributed by atoms with E-state index in [-0.39, 0.29) is 0 Å². The van der Waals surface area contributed by atoms with Crippen LogP contribution in [0.5, 0.6) is 0 Å². The first-order valence-electron chi connectivity index (χ1n) is 5.46. The fraction of sp³-hybridized carbons (Fsp3) is 0.600. The van der Waals surface area contributed by atoms with E-state index in [2.05, 4.69) is 27.3 Å². The Bertz CT molecular complexity index is 468. The minimum absolute atomic E-state index is 0.588. The van der Waals surface area contributed by atoms with Crippen LogP contribution >= 0.6 is 11.8 Å². The van der Waals surface area contributed by atoms with Gasteiger partial charge in [0.05, 0.1) is 11.5 Å². The fourth-order valence-corrected chi connectivity index (χ4v) is 1.98.